The van der Waals surface area contributed by atoms with Crippen LogP contribution in [0, 0.1) is 5.92 Å². The number of carbonyl (C=O) groups excluding carboxylic acids is 1. The third-order valence-corrected chi connectivity index (χ3v) is 5.02. The Labute approximate surface area is 144 Å². The second-order valence-electron chi connectivity index (χ2n) is 7.16. The van der Waals surface area contributed by atoms with E-state index in [0.717, 1.165) is 25.2 Å². The van der Waals surface area contributed by atoms with E-state index in [1.54, 1.807) is 12.4 Å². The third kappa shape index (κ3) is 4.16. The van der Waals surface area contributed by atoms with E-state index in [0.29, 0.717) is 30.7 Å². The van der Waals surface area contributed by atoms with Gasteiger partial charge in [0.05, 0.1) is 6.54 Å². The zero-order valence-electron chi connectivity index (χ0n) is 14.8. The fraction of sp³-hybridized carbons (Fsp3) is 0.722. The van der Waals surface area contributed by atoms with Crippen LogP contribution in [0.2, 0.25) is 0 Å². The summed E-state index contributed by atoms with van der Waals surface area (Å²) in [7, 11) is 3.85. The highest BCUT2D eigenvalue weighted by molar-refractivity contribution is 5.76. The smallest absolute Gasteiger partial charge is 0.257 e. The van der Waals surface area contributed by atoms with Crippen LogP contribution in [-0.4, -0.2) is 54.1 Å². The first-order chi connectivity index (χ1) is 11.6. The summed E-state index contributed by atoms with van der Waals surface area (Å²) in [6.07, 6.45) is 11.0. The Balaban J connectivity index is 1.58. The number of amides is 1. The summed E-state index contributed by atoms with van der Waals surface area (Å²) in [6.45, 7) is 1.52. The van der Waals surface area contributed by atoms with Crippen molar-refractivity contribution in [2.45, 2.75) is 51.0 Å². The lowest BCUT2D eigenvalue weighted by Crippen LogP contribution is -2.45. The van der Waals surface area contributed by atoms with Crippen LogP contribution in [0.1, 0.15) is 44.9 Å². The Morgan fingerprint density at radius 2 is 1.96 bits per heavy atom. The standard InChI is InChI=1S/C18H28N4O2/c1-21(2)17-18(20-10-9-19-17)24-15-8-5-11-22(13-15)16(23)12-14-6-3-4-7-14/h9-10,14-15H,3-8,11-13H2,1-2H3. The van der Waals surface area contributed by atoms with Crippen LogP contribution in [0.25, 0.3) is 0 Å². The molecule has 0 N–H and O–H groups in total. The molecule has 0 radical (unpaired) electrons. The fourth-order valence-corrected chi connectivity index (χ4v) is 3.72. The lowest BCUT2D eigenvalue weighted by atomic mass is 10.0. The van der Waals surface area contributed by atoms with E-state index >= 15 is 0 Å². The van der Waals surface area contributed by atoms with E-state index in [1.165, 1.54) is 25.7 Å². The molecular weight excluding hydrogens is 304 g/mol. The van der Waals surface area contributed by atoms with Gasteiger partial charge in [-0.3, -0.25) is 4.79 Å². The molecule has 1 aromatic heterocycles. The van der Waals surface area contributed by atoms with E-state index in [1.807, 2.05) is 23.9 Å². The predicted octanol–water partition coefficient (Wildman–Crippen LogP) is 2.49. The molecule has 24 heavy (non-hydrogen) atoms. The van der Waals surface area contributed by atoms with E-state index in [4.69, 9.17) is 4.74 Å². The van der Waals surface area contributed by atoms with Crippen molar-refractivity contribution >= 4 is 11.7 Å². The number of anilines is 1. The molecule has 132 valence electrons. The zero-order chi connectivity index (χ0) is 16.9. The fourth-order valence-electron chi connectivity index (χ4n) is 3.72. The summed E-state index contributed by atoms with van der Waals surface area (Å²) < 4.78 is 6.09. The van der Waals surface area contributed by atoms with Crippen molar-refractivity contribution in [2.75, 3.05) is 32.1 Å². The SMILES string of the molecule is CN(C)c1nccnc1OC1CCCN(C(=O)CC2CCCC2)C1. The van der Waals surface area contributed by atoms with Gasteiger partial charge in [-0.1, -0.05) is 12.8 Å². The van der Waals surface area contributed by atoms with Gasteiger partial charge in [-0.2, -0.15) is 0 Å². The monoisotopic (exact) mass is 332 g/mol. The molecule has 0 aromatic carbocycles. The van der Waals surface area contributed by atoms with Gasteiger partial charge in [0, 0.05) is 39.5 Å². The summed E-state index contributed by atoms with van der Waals surface area (Å²) in [6, 6.07) is 0. The number of likely N-dealkylation sites (tertiary alicyclic amines) is 1. The molecule has 6 nitrogen and oxygen atoms in total. The number of aromatic nitrogens is 2. The van der Waals surface area contributed by atoms with Crippen LogP contribution in [0.3, 0.4) is 0 Å². The molecular formula is C18H28N4O2. The Morgan fingerprint density at radius 1 is 1.21 bits per heavy atom. The number of nitrogens with zero attached hydrogens (tertiary/aromatic N) is 4. The van der Waals surface area contributed by atoms with Crippen LogP contribution in [0.5, 0.6) is 5.88 Å². The van der Waals surface area contributed by atoms with Gasteiger partial charge in [-0.15, -0.1) is 0 Å². The van der Waals surface area contributed by atoms with Gasteiger partial charge < -0.3 is 14.5 Å². The van der Waals surface area contributed by atoms with Crippen LogP contribution in [-0.2, 0) is 4.79 Å². The Hall–Kier alpha value is -1.85. The van der Waals surface area contributed by atoms with Crippen LogP contribution in [0.15, 0.2) is 12.4 Å². The topological polar surface area (TPSA) is 58.6 Å². The number of ether oxygens (including phenoxy) is 1. The van der Waals surface area contributed by atoms with Crippen molar-refractivity contribution in [1.29, 1.82) is 0 Å². The third-order valence-electron chi connectivity index (χ3n) is 5.02. The number of hydrogen-bond acceptors (Lipinski definition) is 5. The maximum Gasteiger partial charge on any atom is 0.257 e. The first kappa shape index (κ1) is 17.0. The average Bonchev–Trinajstić information content (AvgIpc) is 3.08. The highest BCUT2D eigenvalue weighted by Gasteiger charge is 2.28. The van der Waals surface area contributed by atoms with Gasteiger partial charge in [-0.05, 0) is 31.6 Å². The largest absolute Gasteiger partial charge is 0.470 e. The Bertz CT molecular complexity index is 558. The molecule has 1 aliphatic carbocycles. The van der Waals surface area contributed by atoms with E-state index in [2.05, 4.69) is 9.97 Å². The van der Waals surface area contributed by atoms with Gasteiger partial charge in [0.1, 0.15) is 6.10 Å². The summed E-state index contributed by atoms with van der Waals surface area (Å²) in [5.74, 6) is 2.17. The minimum atomic E-state index is 0.00155. The lowest BCUT2D eigenvalue weighted by molar-refractivity contribution is -0.134. The lowest BCUT2D eigenvalue weighted by Gasteiger charge is -2.33. The molecule has 1 aromatic rings. The maximum atomic E-state index is 12.6. The molecule has 2 fully saturated rings. The van der Waals surface area contributed by atoms with E-state index in [-0.39, 0.29) is 6.10 Å². The molecule has 2 heterocycles. The number of hydrogen-bond donors (Lipinski definition) is 0. The summed E-state index contributed by atoms with van der Waals surface area (Å²) in [5, 5.41) is 0. The summed E-state index contributed by atoms with van der Waals surface area (Å²) >= 11 is 0. The first-order valence-electron chi connectivity index (χ1n) is 9.06. The van der Waals surface area contributed by atoms with Gasteiger partial charge in [0.25, 0.3) is 5.88 Å². The minimum Gasteiger partial charge on any atom is -0.470 e. The zero-order valence-corrected chi connectivity index (χ0v) is 14.8. The van der Waals surface area contributed by atoms with Gasteiger partial charge in [0.15, 0.2) is 5.82 Å². The summed E-state index contributed by atoms with van der Waals surface area (Å²) in [5.41, 5.74) is 0. The van der Waals surface area contributed by atoms with Gasteiger partial charge in [-0.25, -0.2) is 9.97 Å². The highest BCUT2D eigenvalue weighted by atomic mass is 16.5. The van der Waals surface area contributed by atoms with Crippen molar-refractivity contribution in [3.05, 3.63) is 12.4 Å². The minimum absolute atomic E-state index is 0.00155. The summed E-state index contributed by atoms with van der Waals surface area (Å²) in [4.78, 5) is 25.1. The normalized spacial score (nSPS) is 21.8. The van der Waals surface area contributed by atoms with Crippen molar-refractivity contribution in [1.82, 2.24) is 14.9 Å². The molecule has 3 rings (SSSR count). The Morgan fingerprint density at radius 3 is 2.71 bits per heavy atom. The Kier molecular flexibility index (Phi) is 5.53. The molecule has 1 saturated carbocycles. The maximum absolute atomic E-state index is 12.6. The molecule has 0 bridgehead atoms. The van der Waals surface area contributed by atoms with E-state index < -0.39 is 0 Å². The number of carbonyl (C=O) groups is 1. The van der Waals surface area contributed by atoms with Crippen molar-refractivity contribution in [2.24, 2.45) is 5.92 Å². The highest BCUT2D eigenvalue weighted by Crippen LogP contribution is 2.29. The van der Waals surface area contributed by atoms with Gasteiger partial charge >= 0.3 is 0 Å². The molecule has 0 spiro atoms. The second-order valence-corrected chi connectivity index (χ2v) is 7.16. The molecule has 1 atom stereocenters. The molecule has 6 heteroatoms. The van der Waals surface area contributed by atoms with Crippen LogP contribution >= 0.6 is 0 Å². The van der Waals surface area contributed by atoms with E-state index in [9.17, 15) is 4.79 Å². The molecule has 1 aliphatic heterocycles. The predicted molar refractivity (Wildman–Crippen MR) is 93.2 cm³/mol. The van der Waals surface area contributed by atoms with Crippen molar-refractivity contribution < 1.29 is 9.53 Å². The van der Waals surface area contributed by atoms with Crippen molar-refractivity contribution in [3.8, 4) is 5.88 Å². The first-order valence-corrected chi connectivity index (χ1v) is 9.06. The number of piperidine rings is 1. The number of rotatable bonds is 5. The van der Waals surface area contributed by atoms with Crippen molar-refractivity contribution in [3.63, 3.8) is 0 Å². The molecule has 1 unspecified atom stereocenters. The van der Waals surface area contributed by atoms with Crippen LogP contribution in [0.4, 0.5) is 5.82 Å². The molecule has 1 amide bonds. The molecule has 2 aliphatic rings. The van der Waals surface area contributed by atoms with Crippen LogP contribution < -0.4 is 9.64 Å². The second kappa shape index (κ2) is 7.81. The quantitative estimate of drug-likeness (QED) is 0.829. The van der Waals surface area contributed by atoms with Gasteiger partial charge in [0.2, 0.25) is 5.91 Å². The average molecular weight is 332 g/mol. The molecule has 1 saturated heterocycles.